The monoisotopic (exact) mass is 403 g/mol. The summed E-state index contributed by atoms with van der Waals surface area (Å²) in [5, 5.41) is 10.9. The topological polar surface area (TPSA) is 107 Å². The van der Waals surface area contributed by atoms with Gasteiger partial charge in [-0.3, -0.25) is 9.78 Å². The van der Waals surface area contributed by atoms with Crippen LogP contribution in [-0.4, -0.2) is 26.2 Å². The molecule has 3 heterocycles. The predicted octanol–water partition coefficient (Wildman–Crippen LogP) is 3.90. The zero-order chi connectivity index (χ0) is 20.9. The number of hydrogen-bond donors (Lipinski definition) is 1. The normalized spacial score (nSPS) is 10.9. The van der Waals surface area contributed by atoms with Crippen LogP contribution < -0.4 is 5.32 Å². The first kappa shape index (κ1) is 19.5. The van der Waals surface area contributed by atoms with Gasteiger partial charge in [-0.15, -0.1) is 0 Å². The number of anilines is 1. The SMILES string of the molecule is Cc1noc(C)c1CCC(=O)Nc1ccccc1Cc1nc(-c2cccnc2)no1. The van der Waals surface area contributed by atoms with Gasteiger partial charge in [0.2, 0.25) is 17.6 Å². The molecule has 8 heteroatoms. The van der Waals surface area contributed by atoms with Gasteiger partial charge in [0.05, 0.1) is 12.1 Å². The molecule has 4 aromatic rings. The third-order valence-corrected chi connectivity index (χ3v) is 4.80. The minimum atomic E-state index is -0.0796. The number of hydrogen-bond acceptors (Lipinski definition) is 7. The van der Waals surface area contributed by atoms with Crippen molar-refractivity contribution >= 4 is 11.6 Å². The average Bonchev–Trinajstić information content (AvgIpc) is 3.35. The fraction of sp³-hybridized carbons (Fsp3) is 0.227. The highest BCUT2D eigenvalue weighted by Gasteiger charge is 2.14. The zero-order valence-electron chi connectivity index (χ0n) is 16.8. The summed E-state index contributed by atoms with van der Waals surface area (Å²) in [4.78, 5) is 21.0. The Bertz CT molecular complexity index is 1130. The molecule has 0 aliphatic rings. The number of aromatic nitrogens is 4. The maximum Gasteiger partial charge on any atom is 0.231 e. The summed E-state index contributed by atoms with van der Waals surface area (Å²) in [6, 6.07) is 11.3. The van der Waals surface area contributed by atoms with E-state index < -0.39 is 0 Å². The number of aryl methyl sites for hydroxylation is 2. The molecule has 0 saturated heterocycles. The average molecular weight is 403 g/mol. The summed E-state index contributed by atoms with van der Waals surface area (Å²) >= 11 is 0. The number of rotatable bonds is 7. The van der Waals surface area contributed by atoms with Crippen molar-refractivity contribution in [2.75, 3.05) is 5.32 Å². The molecule has 0 spiro atoms. The fourth-order valence-electron chi connectivity index (χ4n) is 3.21. The van der Waals surface area contributed by atoms with E-state index in [9.17, 15) is 4.79 Å². The molecule has 0 saturated carbocycles. The molecule has 4 rings (SSSR count). The second-order valence-electron chi connectivity index (χ2n) is 6.94. The first-order valence-corrected chi connectivity index (χ1v) is 9.62. The fourth-order valence-corrected chi connectivity index (χ4v) is 3.21. The van der Waals surface area contributed by atoms with E-state index in [1.807, 2.05) is 50.2 Å². The predicted molar refractivity (Wildman–Crippen MR) is 110 cm³/mol. The lowest BCUT2D eigenvalue weighted by Crippen LogP contribution is -2.14. The Morgan fingerprint density at radius 1 is 1.07 bits per heavy atom. The van der Waals surface area contributed by atoms with Crippen LogP contribution in [0.15, 0.2) is 57.8 Å². The van der Waals surface area contributed by atoms with Crippen LogP contribution in [-0.2, 0) is 17.6 Å². The van der Waals surface area contributed by atoms with E-state index in [1.165, 1.54) is 0 Å². The number of carbonyl (C=O) groups excluding carboxylic acids is 1. The molecule has 0 aliphatic carbocycles. The van der Waals surface area contributed by atoms with E-state index in [4.69, 9.17) is 9.05 Å². The standard InChI is InChI=1S/C22H21N5O3/c1-14-18(15(2)29-26-14)9-10-20(28)24-19-8-4-3-6-16(19)12-21-25-22(27-30-21)17-7-5-11-23-13-17/h3-8,11,13H,9-10,12H2,1-2H3,(H,24,28). The molecule has 0 aliphatic heterocycles. The van der Waals surface area contributed by atoms with Gasteiger partial charge in [0, 0.05) is 35.6 Å². The van der Waals surface area contributed by atoms with Crippen molar-refractivity contribution in [3.8, 4) is 11.4 Å². The number of para-hydroxylation sites is 1. The summed E-state index contributed by atoms with van der Waals surface area (Å²) < 4.78 is 10.5. The van der Waals surface area contributed by atoms with Crippen molar-refractivity contribution < 1.29 is 13.8 Å². The van der Waals surface area contributed by atoms with Gasteiger partial charge in [-0.25, -0.2) is 0 Å². The molecular formula is C22H21N5O3. The van der Waals surface area contributed by atoms with Crippen molar-refractivity contribution in [2.45, 2.75) is 33.1 Å². The van der Waals surface area contributed by atoms with Crippen LogP contribution in [0.4, 0.5) is 5.69 Å². The van der Waals surface area contributed by atoms with Gasteiger partial charge in [0.1, 0.15) is 5.76 Å². The molecule has 0 bridgehead atoms. The van der Waals surface area contributed by atoms with Crippen LogP contribution >= 0.6 is 0 Å². The Labute approximate surface area is 173 Å². The lowest BCUT2D eigenvalue weighted by molar-refractivity contribution is -0.116. The van der Waals surface area contributed by atoms with E-state index in [0.29, 0.717) is 31.0 Å². The van der Waals surface area contributed by atoms with E-state index in [0.717, 1.165) is 33.8 Å². The second kappa shape index (κ2) is 8.69. The minimum Gasteiger partial charge on any atom is -0.361 e. The Morgan fingerprint density at radius 3 is 2.70 bits per heavy atom. The van der Waals surface area contributed by atoms with Crippen molar-refractivity contribution in [2.24, 2.45) is 0 Å². The molecule has 0 fully saturated rings. The van der Waals surface area contributed by atoms with E-state index in [1.54, 1.807) is 12.4 Å². The highest BCUT2D eigenvalue weighted by Crippen LogP contribution is 2.21. The number of amides is 1. The number of benzene rings is 1. The van der Waals surface area contributed by atoms with Crippen molar-refractivity contribution in [3.63, 3.8) is 0 Å². The summed E-state index contributed by atoms with van der Waals surface area (Å²) in [7, 11) is 0. The maximum atomic E-state index is 12.5. The van der Waals surface area contributed by atoms with E-state index in [-0.39, 0.29) is 5.91 Å². The Morgan fingerprint density at radius 2 is 1.93 bits per heavy atom. The van der Waals surface area contributed by atoms with Gasteiger partial charge in [-0.05, 0) is 44.0 Å². The molecule has 3 aromatic heterocycles. The van der Waals surface area contributed by atoms with Crippen molar-refractivity contribution in [1.82, 2.24) is 20.3 Å². The zero-order valence-corrected chi connectivity index (χ0v) is 16.8. The molecular weight excluding hydrogens is 382 g/mol. The number of carbonyl (C=O) groups is 1. The summed E-state index contributed by atoms with van der Waals surface area (Å²) in [5.41, 5.74) is 4.20. The molecule has 0 atom stereocenters. The lowest BCUT2D eigenvalue weighted by Gasteiger charge is -2.09. The Kier molecular flexibility index (Phi) is 5.65. The molecule has 8 nitrogen and oxygen atoms in total. The third kappa shape index (κ3) is 4.43. The van der Waals surface area contributed by atoms with Gasteiger partial charge in [0.15, 0.2) is 0 Å². The number of nitrogens with one attached hydrogen (secondary N) is 1. The quantitative estimate of drug-likeness (QED) is 0.499. The second-order valence-corrected chi connectivity index (χ2v) is 6.94. The van der Waals surface area contributed by atoms with E-state index in [2.05, 4.69) is 25.6 Å². The van der Waals surface area contributed by atoms with Crippen LogP contribution in [0.2, 0.25) is 0 Å². The van der Waals surface area contributed by atoms with Crippen LogP contribution in [0.25, 0.3) is 11.4 Å². The largest absolute Gasteiger partial charge is 0.361 e. The summed E-state index contributed by atoms with van der Waals surface area (Å²) in [6.07, 6.45) is 4.70. The van der Waals surface area contributed by atoms with E-state index >= 15 is 0 Å². The minimum absolute atomic E-state index is 0.0796. The van der Waals surface area contributed by atoms with Gasteiger partial charge < -0.3 is 14.4 Å². The van der Waals surface area contributed by atoms with Crippen LogP contribution in [0.1, 0.15) is 34.9 Å². The molecule has 0 unspecified atom stereocenters. The highest BCUT2D eigenvalue weighted by atomic mass is 16.5. The van der Waals surface area contributed by atoms with Gasteiger partial charge in [-0.2, -0.15) is 4.98 Å². The van der Waals surface area contributed by atoms with Crippen LogP contribution in [0.5, 0.6) is 0 Å². The third-order valence-electron chi connectivity index (χ3n) is 4.80. The molecule has 152 valence electrons. The molecule has 1 aromatic carbocycles. The number of nitrogens with zero attached hydrogens (tertiary/aromatic N) is 4. The van der Waals surface area contributed by atoms with Crippen LogP contribution in [0, 0.1) is 13.8 Å². The maximum absolute atomic E-state index is 12.5. The molecule has 0 radical (unpaired) electrons. The molecule has 30 heavy (non-hydrogen) atoms. The highest BCUT2D eigenvalue weighted by molar-refractivity contribution is 5.91. The first-order chi connectivity index (χ1) is 14.6. The Hall–Kier alpha value is -3.81. The Balaban J connectivity index is 1.43. The van der Waals surface area contributed by atoms with Gasteiger partial charge >= 0.3 is 0 Å². The number of pyridine rings is 1. The molecule has 1 amide bonds. The lowest BCUT2D eigenvalue weighted by atomic mass is 10.1. The summed E-state index contributed by atoms with van der Waals surface area (Å²) in [6.45, 7) is 3.73. The smallest absolute Gasteiger partial charge is 0.231 e. The molecule has 1 N–H and O–H groups in total. The first-order valence-electron chi connectivity index (χ1n) is 9.62. The summed E-state index contributed by atoms with van der Waals surface area (Å²) in [5.74, 6) is 1.62. The van der Waals surface area contributed by atoms with Crippen molar-refractivity contribution in [1.29, 1.82) is 0 Å². The van der Waals surface area contributed by atoms with Gasteiger partial charge in [-0.1, -0.05) is 28.5 Å². The van der Waals surface area contributed by atoms with Crippen LogP contribution in [0.3, 0.4) is 0 Å². The van der Waals surface area contributed by atoms with Gasteiger partial charge in [0.25, 0.3) is 0 Å². The van der Waals surface area contributed by atoms with Crippen molar-refractivity contribution in [3.05, 3.63) is 77.3 Å².